The van der Waals surface area contributed by atoms with E-state index in [1.165, 1.54) is 0 Å². The van der Waals surface area contributed by atoms with Crippen molar-refractivity contribution >= 4 is 21.2 Å². The summed E-state index contributed by atoms with van der Waals surface area (Å²) in [5, 5.41) is 0. The van der Waals surface area contributed by atoms with Crippen LogP contribution in [-0.4, -0.2) is 29.0 Å². The number of carbonyl (C=O) groups excluding carboxylic acids is 2. The van der Waals surface area contributed by atoms with Gasteiger partial charge in [0, 0.05) is 0 Å². The second kappa shape index (κ2) is 6.35. The van der Waals surface area contributed by atoms with Crippen LogP contribution in [0, 0.1) is 0 Å². The minimum absolute atomic E-state index is 0.0607. The molecule has 6 nitrogen and oxygen atoms in total. The molecule has 7 heteroatoms. The summed E-state index contributed by atoms with van der Waals surface area (Å²) in [5.41, 5.74) is 0. The lowest BCUT2D eigenvalue weighted by Gasteiger charge is -2.10. The van der Waals surface area contributed by atoms with Crippen molar-refractivity contribution < 1.29 is 23.6 Å². The molecule has 0 aliphatic heterocycles. The van der Waals surface area contributed by atoms with E-state index in [2.05, 4.69) is 9.24 Å². The first kappa shape index (κ1) is 13.6. The average molecular weight is 259 g/mol. The lowest BCUT2D eigenvalue weighted by Crippen LogP contribution is -2.27. The van der Waals surface area contributed by atoms with Gasteiger partial charge in [-0.05, 0) is 6.92 Å². The van der Waals surface area contributed by atoms with Crippen molar-refractivity contribution in [2.75, 3.05) is 6.61 Å². The zero-order valence-electron chi connectivity index (χ0n) is 9.83. The summed E-state index contributed by atoms with van der Waals surface area (Å²) in [5.74, 6) is -2.01. The minimum Gasteiger partial charge on any atom is -0.463 e. The molecule has 94 valence electrons. The number of nitrogens with zero attached hydrogens (tertiary/aromatic N) is 2. The first-order chi connectivity index (χ1) is 8.02. The molecule has 0 saturated carbocycles. The zero-order valence-corrected chi connectivity index (χ0v) is 11.0. The Kier molecular flexibility index (Phi) is 5.10. The van der Waals surface area contributed by atoms with Crippen molar-refractivity contribution in [3.8, 4) is 0 Å². The quantitative estimate of drug-likeness (QED) is 0.411. The van der Waals surface area contributed by atoms with Gasteiger partial charge in [0.1, 0.15) is 12.4 Å². The number of esters is 2. The smallest absolute Gasteiger partial charge is 0.351 e. The van der Waals surface area contributed by atoms with Gasteiger partial charge in [0.2, 0.25) is 12.2 Å². The van der Waals surface area contributed by atoms with E-state index in [1.807, 2.05) is 7.05 Å². The van der Waals surface area contributed by atoms with E-state index in [1.54, 1.807) is 34.8 Å². The van der Waals surface area contributed by atoms with Crippen LogP contribution in [0.2, 0.25) is 0 Å². The minimum atomic E-state index is -0.952. The van der Waals surface area contributed by atoms with Crippen molar-refractivity contribution in [3.05, 3.63) is 18.7 Å². The monoisotopic (exact) mass is 259 g/mol. The molecule has 0 amide bonds. The third-order valence-corrected chi connectivity index (χ3v) is 2.32. The molecule has 0 aromatic carbocycles. The standard InChI is InChI=1S/C10H16N2O4P/c1-3-15-9(14)10(17)16-8(13)6-12-5-4-11(2)7-12/h4-5,7,10H,3,6,17H2,1-2H3/q+1. The fraction of sp³-hybridized carbons (Fsp3) is 0.500. The lowest BCUT2D eigenvalue weighted by molar-refractivity contribution is -0.671. The van der Waals surface area contributed by atoms with E-state index in [9.17, 15) is 9.59 Å². The molecule has 1 rings (SSSR count). The van der Waals surface area contributed by atoms with E-state index < -0.39 is 17.8 Å². The number of hydrogen-bond acceptors (Lipinski definition) is 4. The molecule has 0 radical (unpaired) electrons. The number of carbonyl (C=O) groups is 2. The maximum absolute atomic E-state index is 11.5. The van der Waals surface area contributed by atoms with E-state index in [4.69, 9.17) is 9.47 Å². The third-order valence-electron chi connectivity index (χ3n) is 1.91. The second-order valence-electron chi connectivity index (χ2n) is 3.41. The van der Waals surface area contributed by atoms with Gasteiger partial charge in [-0.2, -0.15) is 0 Å². The summed E-state index contributed by atoms with van der Waals surface area (Å²) in [6.45, 7) is 2.01. The number of rotatable bonds is 5. The summed E-state index contributed by atoms with van der Waals surface area (Å²) in [6, 6.07) is 0. The van der Waals surface area contributed by atoms with Gasteiger partial charge in [0.25, 0.3) is 0 Å². The zero-order chi connectivity index (χ0) is 12.8. The van der Waals surface area contributed by atoms with Crippen LogP contribution in [0.5, 0.6) is 0 Å². The van der Waals surface area contributed by atoms with Crippen LogP contribution in [0.15, 0.2) is 18.7 Å². The van der Waals surface area contributed by atoms with Crippen LogP contribution < -0.4 is 4.57 Å². The fourth-order valence-corrected chi connectivity index (χ4v) is 1.44. The number of aromatic nitrogens is 2. The van der Waals surface area contributed by atoms with Crippen molar-refractivity contribution in [1.82, 2.24) is 4.57 Å². The van der Waals surface area contributed by atoms with Crippen LogP contribution in [0.4, 0.5) is 0 Å². The Morgan fingerprint density at radius 1 is 1.53 bits per heavy atom. The van der Waals surface area contributed by atoms with Crippen molar-refractivity contribution in [2.24, 2.45) is 7.05 Å². The molecular weight excluding hydrogens is 243 g/mol. The number of ether oxygens (including phenoxy) is 2. The molecule has 0 aliphatic carbocycles. The Balaban J connectivity index is 2.41. The molecule has 1 aromatic heterocycles. The summed E-state index contributed by atoms with van der Waals surface area (Å²) < 4.78 is 13.1. The third kappa shape index (κ3) is 4.53. The predicted molar refractivity (Wildman–Crippen MR) is 61.8 cm³/mol. The Labute approximate surface area is 102 Å². The summed E-state index contributed by atoms with van der Waals surface area (Å²) >= 11 is 0. The van der Waals surface area contributed by atoms with Crippen LogP contribution in [0.3, 0.4) is 0 Å². The van der Waals surface area contributed by atoms with Crippen molar-refractivity contribution in [3.63, 3.8) is 0 Å². The molecule has 2 atom stereocenters. The highest BCUT2D eigenvalue weighted by atomic mass is 31.0. The van der Waals surface area contributed by atoms with Gasteiger partial charge in [0.15, 0.2) is 6.54 Å². The van der Waals surface area contributed by atoms with Crippen molar-refractivity contribution in [2.45, 2.75) is 19.3 Å². The molecule has 0 aliphatic rings. The first-order valence-corrected chi connectivity index (χ1v) is 5.82. The van der Waals surface area contributed by atoms with E-state index >= 15 is 0 Å². The van der Waals surface area contributed by atoms with Crippen LogP contribution >= 0.6 is 9.24 Å². The van der Waals surface area contributed by atoms with E-state index in [0.717, 1.165) is 0 Å². The van der Waals surface area contributed by atoms with Gasteiger partial charge in [-0.3, -0.25) is 0 Å². The SMILES string of the molecule is CCOC(=O)C(P)OC(=O)Cn1cc[n+](C)c1. The van der Waals surface area contributed by atoms with Crippen molar-refractivity contribution in [1.29, 1.82) is 0 Å². The van der Waals surface area contributed by atoms with Gasteiger partial charge in [-0.1, -0.05) is 9.24 Å². The predicted octanol–water partition coefficient (Wildman–Crippen LogP) is -0.380. The Hall–Kier alpha value is -1.42. The second-order valence-corrected chi connectivity index (χ2v) is 4.02. The summed E-state index contributed by atoms with van der Waals surface area (Å²) in [6.07, 6.45) is 5.28. The van der Waals surface area contributed by atoms with Gasteiger partial charge in [0.05, 0.1) is 13.7 Å². The molecule has 0 fully saturated rings. The molecular formula is C10H16N2O4P+. The maximum Gasteiger partial charge on any atom is 0.351 e. The fourth-order valence-electron chi connectivity index (χ4n) is 1.20. The number of hydrogen-bond donors (Lipinski definition) is 0. The highest BCUT2D eigenvalue weighted by Crippen LogP contribution is 2.05. The molecule has 1 aromatic rings. The maximum atomic E-state index is 11.5. The molecule has 2 unspecified atom stereocenters. The van der Waals surface area contributed by atoms with Gasteiger partial charge in [-0.15, -0.1) is 0 Å². The van der Waals surface area contributed by atoms with Gasteiger partial charge >= 0.3 is 11.9 Å². The average Bonchev–Trinajstić information content (AvgIpc) is 2.64. The van der Waals surface area contributed by atoms with Crippen LogP contribution in [0.25, 0.3) is 0 Å². The molecule has 0 bridgehead atoms. The summed E-state index contributed by atoms with van der Waals surface area (Å²) in [4.78, 5) is 22.7. The van der Waals surface area contributed by atoms with Gasteiger partial charge in [-0.25, -0.2) is 18.7 Å². The molecule has 0 spiro atoms. The first-order valence-electron chi connectivity index (χ1n) is 5.15. The normalized spacial score (nSPS) is 11.9. The number of aryl methyl sites for hydroxylation is 1. The van der Waals surface area contributed by atoms with Crippen LogP contribution in [-0.2, 0) is 32.7 Å². The van der Waals surface area contributed by atoms with E-state index in [0.29, 0.717) is 0 Å². The molecule has 0 saturated heterocycles. The lowest BCUT2D eigenvalue weighted by atomic mass is 10.6. The Morgan fingerprint density at radius 3 is 2.76 bits per heavy atom. The van der Waals surface area contributed by atoms with Crippen LogP contribution in [0.1, 0.15) is 6.92 Å². The highest BCUT2D eigenvalue weighted by Gasteiger charge is 2.20. The molecule has 1 heterocycles. The largest absolute Gasteiger partial charge is 0.463 e. The van der Waals surface area contributed by atoms with Gasteiger partial charge < -0.3 is 9.47 Å². The Morgan fingerprint density at radius 2 is 2.24 bits per heavy atom. The molecule has 0 N–H and O–H groups in total. The van der Waals surface area contributed by atoms with E-state index in [-0.39, 0.29) is 13.2 Å². The molecule has 17 heavy (non-hydrogen) atoms. The number of imidazole rings is 1. The topological polar surface area (TPSA) is 61.4 Å². The Bertz CT molecular complexity index is 405. The highest BCUT2D eigenvalue weighted by molar-refractivity contribution is 7.19. The summed E-state index contributed by atoms with van der Waals surface area (Å²) in [7, 11) is 3.98.